The van der Waals surface area contributed by atoms with E-state index in [9.17, 15) is 4.79 Å². The van der Waals surface area contributed by atoms with Crippen LogP contribution in [0.25, 0.3) is 0 Å². The van der Waals surface area contributed by atoms with E-state index in [2.05, 4.69) is 5.32 Å². The summed E-state index contributed by atoms with van der Waals surface area (Å²) >= 11 is 12.3. The normalized spacial score (nSPS) is 12.0. The number of hydrogen-bond acceptors (Lipinski definition) is 2. The topological polar surface area (TPSA) is 55.1 Å². The second-order valence-electron chi connectivity index (χ2n) is 4.93. The highest BCUT2D eigenvalue weighted by Gasteiger charge is 2.18. The zero-order valence-corrected chi connectivity index (χ0v) is 13.3. The predicted octanol–water partition coefficient (Wildman–Crippen LogP) is 4.63. The minimum Gasteiger partial charge on any atom is -0.399 e. The van der Waals surface area contributed by atoms with Gasteiger partial charge in [-0.15, -0.1) is 0 Å². The minimum atomic E-state index is -0.360. The third kappa shape index (κ3) is 3.49. The van der Waals surface area contributed by atoms with Gasteiger partial charge in [0.25, 0.3) is 0 Å². The summed E-state index contributed by atoms with van der Waals surface area (Å²) in [6.45, 7) is 3.66. The average Bonchev–Trinajstić information content (AvgIpc) is 2.46. The Labute approximate surface area is 134 Å². The van der Waals surface area contributed by atoms with Crippen LogP contribution in [0.1, 0.15) is 24.0 Å². The van der Waals surface area contributed by atoms with Crippen molar-refractivity contribution in [2.75, 3.05) is 11.1 Å². The van der Waals surface area contributed by atoms with Crippen LogP contribution in [0, 0.1) is 6.92 Å². The molecule has 0 bridgehead atoms. The number of rotatable bonds is 3. The number of nitrogens with one attached hydrogen (secondary N) is 1. The number of aryl methyl sites for hydroxylation is 1. The third-order valence-electron chi connectivity index (χ3n) is 3.34. The highest BCUT2D eigenvalue weighted by atomic mass is 35.5. The molecular formula is C16H16Cl2N2O. The maximum Gasteiger partial charge on any atom is 0.231 e. The fraction of sp³-hybridized carbons (Fsp3) is 0.188. The van der Waals surface area contributed by atoms with E-state index in [1.165, 1.54) is 0 Å². The van der Waals surface area contributed by atoms with Crippen LogP contribution in [0.15, 0.2) is 36.4 Å². The number of benzene rings is 2. The van der Waals surface area contributed by atoms with Crippen LogP contribution in [-0.2, 0) is 4.79 Å². The van der Waals surface area contributed by atoms with E-state index in [1.54, 1.807) is 18.2 Å². The van der Waals surface area contributed by atoms with Crippen molar-refractivity contribution in [1.29, 1.82) is 0 Å². The van der Waals surface area contributed by atoms with Crippen molar-refractivity contribution in [3.63, 3.8) is 0 Å². The summed E-state index contributed by atoms with van der Waals surface area (Å²) in [6.07, 6.45) is 0. The minimum absolute atomic E-state index is 0.185. The predicted molar refractivity (Wildman–Crippen MR) is 89.1 cm³/mol. The lowest BCUT2D eigenvalue weighted by molar-refractivity contribution is -0.117. The Kier molecular flexibility index (Phi) is 4.76. The Morgan fingerprint density at radius 1 is 1.24 bits per heavy atom. The van der Waals surface area contributed by atoms with Crippen LogP contribution in [0.4, 0.5) is 11.4 Å². The number of halogens is 2. The first-order valence-electron chi connectivity index (χ1n) is 6.51. The van der Waals surface area contributed by atoms with Crippen LogP contribution in [0.3, 0.4) is 0 Å². The molecule has 0 heterocycles. The van der Waals surface area contributed by atoms with Gasteiger partial charge in [-0.3, -0.25) is 4.79 Å². The molecule has 0 aliphatic rings. The molecule has 110 valence electrons. The van der Waals surface area contributed by atoms with E-state index in [0.29, 0.717) is 21.4 Å². The molecular weight excluding hydrogens is 307 g/mol. The number of amides is 1. The summed E-state index contributed by atoms with van der Waals surface area (Å²) in [4.78, 5) is 12.4. The lowest BCUT2D eigenvalue weighted by Gasteiger charge is -2.15. The molecule has 2 aromatic carbocycles. The maximum atomic E-state index is 12.4. The molecule has 1 atom stereocenters. The molecule has 0 fully saturated rings. The molecule has 3 nitrogen and oxygen atoms in total. The lowest BCUT2D eigenvalue weighted by Crippen LogP contribution is -2.19. The SMILES string of the molecule is Cc1ccc(Cl)c(NC(=O)C(C)c2cccc(N)c2)c1Cl. The first-order chi connectivity index (χ1) is 9.90. The highest BCUT2D eigenvalue weighted by Crippen LogP contribution is 2.33. The van der Waals surface area contributed by atoms with Crippen molar-refractivity contribution in [1.82, 2.24) is 0 Å². The first-order valence-corrected chi connectivity index (χ1v) is 7.26. The lowest BCUT2D eigenvalue weighted by atomic mass is 9.99. The van der Waals surface area contributed by atoms with Crippen LogP contribution in [0.2, 0.25) is 10.0 Å². The quantitative estimate of drug-likeness (QED) is 0.809. The summed E-state index contributed by atoms with van der Waals surface area (Å²) in [5, 5.41) is 3.66. The van der Waals surface area contributed by atoms with Crippen molar-refractivity contribution in [3.05, 3.63) is 57.6 Å². The fourth-order valence-corrected chi connectivity index (χ4v) is 2.45. The van der Waals surface area contributed by atoms with E-state index in [1.807, 2.05) is 32.0 Å². The van der Waals surface area contributed by atoms with Gasteiger partial charge in [-0.05, 0) is 43.2 Å². The van der Waals surface area contributed by atoms with Gasteiger partial charge in [0.2, 0.25) is 5.91 Å². The van der Waals surface area contributed by atoms with Gasteiger partial charge < -0.3 is 11.1 Å². The van der Waals surface area contributed by atoms with E-state index < -0.39 is 0 Å². The summed E-state index contributed by atoms with van der Waals surface area (Å²) in [5.74, 6) is -0.545. The molecule has 5 heteroatoms. The molecule has 0 saturated carbocycles. The molecule has 0 radical (unpaired) electrons. The molecule has 0 aromatic heterocycles. The van der Waals surface area contributed by atoms with Gasteiger partial charge in [-0.1, -0.05) is 41.4 Å². The first kappa shape index (κ1) is 15.7. The number of anilines is 2. The average molecular weight is 323 g/mol. The van der Waals surface area contributed by atoms with Crippen molar-refractivity contribution in [2.24, 2.45) is 0 Å². The summed E-state index contributed by atoms with van der Waals surface area (Å²) < 4.78 is 0. The monoisotopic (exact) mass is 322 g/mol. The van der Waals surface area contributed by atoms with Crippen LogP contribution in [0.5, 0.6) is 0 Å². The van der Waals surface area contributed by atoms with Gasteiger partial charge in [0.15, 0.2) is 0 Å². The molecule has 3 N–H and O–H groups in total. The second kappa shape index (κ2) is 6.37. The molecule has 2 rings (SSSR count). The van der Waals surface area contributed by atoms with Gasteiger partial charge in [-0.2, -0.15) is 0 Å². The van der Waals surface area contributed by atoms with Gasteiger partial charge in [-0.25, -0.2) is 0 Å². The molecule has 0 saturated heterocycles. The maximum absolute atomic E-state index is 12.4. The van der Waals surface area contributed by atoms with Gasteiger partial charge in [0, 0.05) is 5.69 Å². The Balaban J connectivity index is 2.24. The second-order valence-corrected chi connectivity index (χ2v) is 5.72. The van der Waals surface area contributed by atoms with Crippen molar-refractivity contribution >= 4 is 40.5 Å². The Morgan fingerprint density at radius 3 is 2.62 bits per heavy atom. The van der Waals surface area contributed by atoms with E-state index in [0.717, 1.165) is 11.1 Å². The molecule has 21 heavy (non-hydrogen) atoms. The molecule has 0 aliphatic carbocycles. The molecule has 1 amide bonds. The van der Waals surface area contributed by atoms with Crippen LogP contribution < -0.4 is 11.1 Å². The molecule has 1 unspecified atom stereocenters. The van der Waals surface area contributed by atoms with Crippen molar-refractivity contribution in [2.45, 2.75) is 19.8 Å². The summed E-state index contributed by atoms with van der Waals surface area (Å²) in [7, 11) is 0. The third-order valence-corrected chi connectivity index (χ3v) is 4.14. The van der Waals surface area contributed by atoms with E-state index in [4.69, 9.17) is 28.9 Å². The summed E-state index contributed by atoms with van der Waals surface area (Å²) in [6, 6.07) is 10.8. The standard InChI is InChI=1S/C16H16Cl2N2O/c1-9-6-7-13(17)15(14(9)18)20-16(21)10(2)11-4-3-5-12(19)8-11/h3-8,10H,19H2,1-2H3,(H,20,21). The smallest absolute Gasteiger partial charge is 0.231 e. The zero-order valence-electron chi connectivity index (χ0n) is 11.8. The Morgan fingerprint density at radius 2 is 1.95 bits per heavy atom. The number of nitrogen functional groups attached to an aromatic ring is 1. The highest BCUT2D eigenvalue weighted by molar-refractivity contribution is 6.40. The van der Waals surface area contributed by atoms with Gasteiger partial charge >= 0.3 is 0 Å². The van der Waals surface area contributed by atoms with E-state index in [-0.39, 0.29) is 11.8 Å². The van der Waals surface area contributed by atoms with Crippen molar-refractivity contribution < 1.29 is 4.79 Å². The number of hydrogen-bond donors (Lipinski definition) is 2. The van der Waals surface area contributed by atoms with Crippen molar-refractivity contribution in [3.8, 4) is 0 Å². The molecule has 2 aromatic rings. The number of carbonyl (C=O) groups excluding carboxylic acids is 1. The molecule has 0 aliphatic heterocycles. The molecule has 0 spiro atoms. The number of carbonyl (C=O) groups is 1. The van der Waals surface area contributed by atoms with Crippen LogP contribution >= 0.6 is 23.2 Å². The Hall–Kier alpha value is -1.71. The summed E-state index contributed by atoms with van der Waals surface area (Å²) in [5.41, 5.74) is 8.51. The number of nitrogens with two attached hydrogens (primary N) is 1. The fourth-order valence-electron chi connectivity index (χ4n) is 1.98. The van der Waals surface area contributed by atoms with Crippen LogP contribution in [-0.4, -0.2) is 5.91 Å². The van der Waals surface area contributed by atoms with E-state index >= 15 is 0 Å². The Bertz CT molecular complexity index is 686. The van der Waals surface area contributed by atoms with Gasteiger partial charge in [0.1, 0.15) is 0 Å². The largest absolute Gasteiger partial charge is 0.399 e. The van der Waals surface area contributed by atoms with Gasteiger partial charge in [0.05, 0.1) is 21.7 Å². The zero-order chi connectivity index (χ0) is 15.6.